The molecule has 0 aliphatic heterocycles. The van der Waals surface area contributed by atoms with E-state index in [0.717, 1.165) is 5.01 Å². The van der Waals surface area contributed by atoms with Crippen LogP contribution in [0.5, 0.6) is 0 Å². The first kappa shape index (κ1) is 17.2. The summed E-state index contributed by atoms with van der Waals surface area (Å²) in [4.78, 5) is 4.05. The van der Waals surface area contributed by atoms with Crippen LogP contribution in [0.15, 0.2) is 33.1 Å². The minimum Gasteiger partial charge on any atom is -0.249 e. The van der Waals surface area contributed by atoms with Crippen molar-refractivity contribution in [2.75, 3.05) is 6.54 Å². The molecule has 1 atom stereocenters. The van der Waals surface area contributed by atoms with Crippen LogP contribution >= 0.6 is 50.5 Å². The maximum atomic E-state index is 12.3. The van der Waals surface area contributed by atoms with Gasteiger partial charge in [0, 0.05) is 28.5 Å². The Bertz CT molecular complexity index is 713. The molecule has 1 aromatic carbocycles. The highest BCUT2D eigenvalue weighted by Gasteiger charge is 2.23. The number of nitrogens with one attached hydrogen (secondary N) is 1. The monoisotopic (exact) mass is 428 g/mol. The summed E-state index contributed by atoms with van der Waals surface area (Å²) >= 11 is 16.7. The van der Waals surface area contributed by atoms with Crippen LogP contribution in [0.1, 0.15) is 17.8 Å². The Morgan fingerprint density at radius 3 is 2.52 bits per heavy atom. The molecule has 0 aliphatic rings. The van der Waals surface area contributed by atoms with Crippen LogP contribution in [0.25, 0.3) is 0 Å². The molecule has 0 bridgehead atoms. The van der Waals surface area contributed by atoms with E-state index in [2.05, 4.69) is 25.6 Å². The van der Waals surface area contributed by atoms with E-state index in [-0.39, 0.29) is 27.4 Å². The van der Waals surface area contributed by atoms with Crippen molar-refractivity contribution in [2.24, 2.45) is 0 Å². The van der Waals surface area contributed by atoms with Gasteiger partial charge in [-0.25, -0.2) is 18.1 Å². The number of halogens is 3. The lowest BCUT2D eigenvalue weighted by Gasteiger charge is -2.13. The van der Waals surface area contributed by atoms with Crippen molar-refractivity contribution in [1.29, 1.82) is 0 Å². The Hall–Kier alpha value is -0.180. The summed E-state index contributed by atoms with van der Waals surface area (Å²) in [5, 5.41) is 2.86. The molecule has 1 unspecified atom stereocenters. The summed E-state index contributed by atoms with van der Waals surface area (Å²) in [7, 11) is -3.78. The van der Waals surface area contributed by atoms with E-state index in [1.165, 1.54) is 23.5 Å². The SMILES string of the molecule is CC(CNS(=O)(=O)c1c(Cl)cc(Br)cc1Cl)c1nccs1. The Morgan fingerprint density at radius 2 is 2.00 bits per heavy atom. The van der Waals surface area contributed by atoms with E-state index in [1.54, 1.807) is 6.20 Å². The van der Waals surface area contributed by atoms with E-state index in [4.69, 9.17) is 23.2 Å². The van der Waals surface area contributed by atoms with Crippen LogP contribution in [0.2, 0.25) is 10.0 Å². The summed E-state index contributed by atoms with van der Waals surface area (Å²) in [5.74, 6) is -0.0345. The summed E-state index contributed by atoms with van der Waals surface area (Å²) in [6, 6.07) is 2.98. The number of hydrogen-bond acceptors (Lipinski definition) is 4. The second-order valence-corrected chi connectivity index (χ2v) is 8.68. The first-order chi connectivity index (χ1) is 9.81. The lowest BCUT2D eigenvalue weighted by atomic mass is 10.2. The summed E-state index contributed by atoms with van der Waals surface area (Å²) < 4.78 is 27.8. The van der Waals surface area contributed by atoms with Gasteiger partial charge in [-0.3, -0.25) is 0 Å². The van der Waals surface area contributed by atoms with Gasteiger partial charge < -0.3 is 0 Å². The quantitative estimate of drug-likeness (QED) is 0.770. The molecule has 0 saturated carbocycles. The zero-order valence-corrected chi connectivity index (χ0v) is 15.5. The normalized spacial score (nSPS) is 13.3. The molecule has 114 valence electrons. The number of nitrogens with zero attached hydrogens (tertiary/aromatic N) is 1. The van der Waals surface area contributed by atoms with Crippen LogP contribution in [0.4, 0.5) is 0 Å². The fraction of sp³-hybridized carbons (Fsp3) is 0.250. The zero-order valence-electron chi connectivity index (χ0n) is 10.8. The largest absolute Gasteiger partial charge is 0.249 e. The van der Waals surface area contributed by atoms with E-state index in [0.29, 0.717) is 4.47 Å². The standard InChI is InChI=1S/C12H11BrCl2N2O2S2/c1-7(12-16-2-3-20-12)6-17-21(18,19)11-9(14)4-8(13)5-10(11)15/h2-5,7,17H,6H2,1H3. The first-order valence-electron chi connectivity index (χ1n) is 5.85. The van der Waals surface area contributed by atoms with Crippen LogP contribution in [0.3, 0.4) is 0 Å². The van der Waals surface area contributed by atoms with Crippen molar-refractivity contribution in [3.63, 3.8) is 0 Å². The van der Waals surface area contributed by atoms with Crippen LogP contribution in [0, 0.1) is 0 Å². The molecule has 2 aromatic rings. The molecule has 0 fully saturated rings. The van der Waals surface area contributed by atoms with Gasteiger partial charge in [0.25, 0.3) is 0 Å². The maximum absolute atomic E-state index is 12.3. The van der Waals surface area contributed by atoms with Crippen molar-refractivity contribution in [3.05, 3.63) is 43.2 Å². The summed E-state index contributed by atoms with van der Waals surface area (Å²) in [6.45, 7) is 2.12. The number of hydrogen-bond donors (Lipinski definition) is 1. The number of benzene rings is 1. The van der Waals surface area contributed by atoms with Gasteiger partial charge in [0.05, 0.1) is 15.1 Å². The summed E-state index contributed by atoms with van der Waals surface area (Å²) in [6.07, 6.45) is 1.69. The number of rotatable bonds is 5. The predicted molar refractivity (Wildman–Crippen MR) is 89.9 cm³/mol. The molecule has 1 aromatic heterocycles. The fourth-order valence-corrected chi connectivity index (χ4v) is 5.42. The molecule has 2 rings (SSSR count). The van der Waals surface area contributed by atoms with Crippen LogP contribution < -0.4 is 4.72 Å². The van der Waals surface area contributed by atoms with Gasteiger partial charge in [-0.15, -0.1) is 11.3 Å². The minimum absolute atomic E-state index is 0.0345. The third kappa shape index (κ3) is 4.18. The average molecular weight is 430 g/mol. The van der Waals surface area contributed by atoms with Gasteiger partial charge in [0.15, 0.2) is 0 Å². The summed E-state index contributed by atoms with van der Waals surface area (Å²) in [5.41, 5.74) is 0. The molecule has 0 spiro atoms. The lowest BCUT2D eigenvalue weighted by molar-refractivity contribution is 0.575. The van der Waals surface area contributed by atoms with Crippen LogP contribution in [-0.4, -0.2) is 19.9 Å². The topological polar surface area (TPSA) is 59.1 Å². The van der Waals surface area contributed by atoms with Crippen molar-refractivity contribution in [1.82, 2.24) is 9.71 Å². The molecular formula is C12H11BrCl2N2O2S2. The second kappa shape index (κ2) is 6.93. The zero-order chi connectivity index (χ0) is 15.6. The van der Waals surface area contributed by atoms with E-state index in [1.807, 2.05) is 12.3 Å². The lowest BCUT2D eigenvalue weighted by Crippen LogP contribution is -2.28. The Kier molecular flexibility index (Phi) is 5.67. The van der Waals surface area contributed by atoms with Gasteiger partial charge in [-0.05, 0) is 12.1 Å². The fourth-order valence-electron chi connectivity index (χ4n) is 1.66. The smallest absolute Gasteiger partial charge is 0.243 e. The third-order valence-corrected chi connectivity index (χ3v) is 6.49. The van der Waals surface area contributed by atoms with Gasteiger partial charge in [0.1, 0.15) is 4.90 Å². The van der Waals surface area contributed by atoms with Crippen molar-refractivity contribution in [2.45, 2.75) is 17.7 Å². The molecule has 9 heteroatoms. The first-order valence-corrected chi connectivity index (χ1v) is 9.76. The maximum Gasteiger partial charge on any atom is 0.243 e. The van der Waals surface area contributed by atoms with Gasteiger partial charge in [-0.1, -0.05) is 46.1 Å². The molecular weight excluding hydrogens is 419 g/mol. The molecule has 0 amide bonds. The predicted octanol–water partition coefficient (Wildman–Crippen LogP) is 4.29. The molecule has 21 heavy (non-hydrogen) atoms. The van der Waals surface area contributed by atoms with E-state index in [9.17, 15) is 8.42 Å². The van der Waals surface area contributed by atoms with E-state index >= 15 is 0 Å². The second-order valence-electron chi connectivity index (χ2n) is 4.32. The molecule has 1 heterocycles. The molecule has 1 N–H and O–H groups in total. The Balaban J connectivity index is 2.20. The van der Waals surface area contributed by atoms with Gasteiger partial charge >= 0.3 is 0 Å². The highest BCUT2D eigenvalue weighted by atomic mass is 79.9. The third-order valence-electron chi connectivity index (χ3n) is 2.68. The molecule has 0 saturated heterocycles. The highest BCUT2D eigenvalue weighted by Crippen LogP contribution is 2.32. The van der Waals surface area contributed by atoms with E-state index < -0.39 is 10.0 Å². The molecule has 0 radical (unpaired) electrons. The molecule has 0 aliphatic carbocycles. The Labute approximate surface area is 145 Å². The number of aromatic nitrogens is 1. The highest BCUT2D eigenvalue weighted by molar-refractivity contribution is 9.10. The minimum atomic E-state index is -3.78. The van der Waals surface area contributed by atoms with Crippen LogP contribution in [-0.2, 0) is 10.0 Å². The van der Waals surface area contributed by atoms with Gasteiger partial charge in [-0.2, -0.15) is 0 Å². The average Bonchev–Trinajstić information content (AvgIpc) is 2.88. The Morgan fingerprint density at radius 1 is 1.38 bits per heavy atom. The van der Waals surface area contributed by atoms with Gasteiger partial charge in [0.2, 0.25) is 10.0 Å². The number of thiazole rings is 1. The van der Waals surface area contributed by atoms with Crippen molar-refractivity contribution < 1.29 is 8.42 Å². The number of sulfonamides is 1. The van der Waals surface area contributed by atoms with Crippen molar-refractivity contribution in [3.8, 4) is 0 Å². The molecule has 4 nitrogen and oxygen atoms in total. The van der Waals surface area contributed by atoms with Crippen molar-refractivity contribution >= 4 is 60.5 Å².